The molecule has 0 radical (unpaired) electrons. The molecule has 0 bridgehead atoms. The number of aromatic nitrogens is 1. The van der Waals surface area contributed by atoms with E-state index in [2.05, 4.69) is 31.1 Å². The molecule has 2 heterocycles. The highest BCUT2D eigenvalue weighted by Crippen LogP contribution is 2.26. The number of pyridine rings is 1. The standard InChI is InChI=1S/C17H18BrN5O2/c18-11-2-1-3-12(8-11)22-17-14(15(19)16(20)24)9-13(10-21-17)23-4-6-25-7-5-23/h1-3,8-10,19H,4-7H2,(H2,20,24)(H,21,22). The Morgan fingerprint density at radius 3 is 2.76 bits per heavy atom. The molecule has 0 saturated carbocycles. The van der Waals surface area contributed by atoms with Crippen molar-refractivity contribution in [3.8, 4) is 0 Å². The molecule has 1 amide bonds. The molecule has 0 atom stereocenters. The Balaban J connectivity index is 1.95. The summed E-state index contributed by atoms with van der Waals surface area (Å²) >= 11 is 3.41. The molecule has 1 aliphatic heterocycles. The van der Waals surface area contributed by atoms with Crippen molar-refractivity contribution < 1.29 is 9.53 Å². The molecule has 1 aromatic heterocycles. The van der Waals surface area contributed by atoms with Gasteiger partial charge in [0.05, 0.1) is 25.1 Å². The van der Waals surface area contributed by atoms with Gasteiger partial charge in [-0.3, -0.25) is 10.2 Å². The summed E-state index contributed by atoms with van der Waals surface area (Å²) in [5, 5.41) is 11.2. The number of primary amides is 1. The number of amides is 1. The van der Waals surface area contributed by atoms with E-state index in [-0.39, 0.29) is 5.71 Å². The lowest BCUT2D eigenvalue weighted by Crippen LogP contribution is -2.36. The minimum absolute atomic E-state index is 0.278. The van der Waals surface area contributed by atoms with Gasteiger partial charge in [-0.05, 0) is 24.3 Å². The van der Waals surface area contributed by atoms with Crippen LogP contribution in [-0.2, 0) is 9.53 Å². The molecule has 1 saturated heterocycles. The highest BCUT2D eigenvalue weighted by atomic mass is 79.9. The van der Waals surface area contributed by atoms with Crippen LogP contribution in [0.2, 0.25) is 0 Å². The van der Waals surface area contributed by atoms with Gasteiger partial charge in [0.25, 0.3) is 5.91 Å². The maximum absolute atomic E-state index is 11.5. The van der Waals surface area contributed by atoms with E-state index in [9.17, 15) is 4.79 Å². The van der Waals surface area contributed by atoms with Crippen LogP contribution in [0.1, 0.15) is 5.56 Å². The van der Waals surface area contributed by atoms with E-state index in [1.807, 2.05) is 24.3 Å². The molecule has 3 rings (SSSR count). The second-order valence-electron chi connectivity index (χ2n) is 5.56. The Hall–Kier alpha value is -2.45. The molecule has 0 aliphatic carbocycles. The van der Waals surface area contributed by atoms with Crippen LogP contribution < -0.4 is 16.0 Å². The van der Waals surface area contributed by atoms with E-state index in [1.165, 1.54) is 0 Å². The number of nitrogens with two attached hydrogens (primary N) is 1. The number of nitrogens with one attached hydrogen (secondary N) is 2. The van der Waals surface area contributed by atoms with Crippen molar-refractivity contribution in [3.63, 3.8) is 0 Å². The van der Waals surface area contributed by atoms with Crippen LogP contribution in [0.4, 0.5) is 17.2 Å². The zero-order valence-electron chi connectivity index (χ0n) is 13.5. The molecule has 25 heavy (non-hydrogen) atoms. The van der Waals surface area contributed by atoms with E-state index in [4.69, 9.17) is 15.9 Å². The van der Waals surface area contributed by atoms with Crippen LogP contribution in [-0.4, -0.2) is 42.9 Å². The van der Waals surface area contributed by atoms with Gasteiger partial charge in [-0.1, -0.05) is 22.0 Å². The summed E-state index contributed by atoms with van der Waals surface area (Å²) in [5.74, 6) is -0.378. The quantitative estimate of drug-likeness (QED) is 0.664. The van der Waals surface area contributed by atoms with Gasteiger partial charge in [0.2, 0.25) is 0 Å². The Kier molecular flexibility index (Phi) is 5.30. The topological polar surface area (TPSA) is 104 Å². The zero-order valence-corrected chi connectivity index (χ0v) is 15.0. The van der Waals surface area contributed by atoms with Crippen molar-refractivity contribution in [2.45, 2.75) is 0 Å². The highest BCUT2D eigenvalue weighted by molar-refractivity contribution is 9.10. The highest BCUT2D eigenvalue weighted by Gasteiger charge is 2.19. The lowest BCUT2D eigenvalue weighted by Gasteiger charge is -2.29. The van der Waals surface area contributed by atoms with Crippen molar-refractivity contribution >= 4 is 44.7 Å². The summed E-state index contributed by atoms with van der Waals surface area (Å²) in [6.45, 7) is 2.76. The summed E-state index contributed by atoms with van der Waals surface area (Å²) in [6.07, 6.45) is 1.73. The van der Waals surface area contributed by atoms with Crippen LogP contribution in [0, 0.1) is 5.41 Å². The summed E-state index contributed by atoms with van der Waals surface area (Å²) in [5.41, 5.74) is 7.05. The number of benzene rings is 1. The molecule has 0 unspecified atom stereocenters. The maximum Gasteiger partial charge on any atom is 0.267 e. The molecule has 0 spiro atoms. The minimum atomic E-state index is -0.793. The van der Waals surface area contributed by atoms with Gasteiger partial charge in [0.1, 0.15) is 11.5 Å². The van der Waals surface area contributed by atoms with E-state index in [0.29, 0.717) is 24.6 Å². The third-order valence-corrected chi connectivity index (χ3v) is 4.35. The van der Waals surface area contributed by atoms with Gasteiger partial charge < -0.3 is 20.7 Å². The molecule has 130 valence electrons. The largest absolute Gasteiger partial charge is 0.378 e. The average molecular weight is 404 g/mol. The monoisotopic (exact) mass is 403 g/mol. The van der Waals surface area contributed by atoms with Gasteiger partial charge in [-0.25, -0.2) is 4.98 Å². The summed E-state index contributed by atoms with van der Waals surface area (Å²) in [6, 6.07) is 9.32. The third-order valence-electron chi connectivity index (χ3n) is 3.85. The Labute approximate surface area is 153 Å². The molecule has 7 nitrogen and oxygen atoms in total. The van der Waals surface area contributed by atoms with Crippen molar-refractivity contribution in [1.82, 2.24) is 4.98 Å². The minimum Gasteiger partial charge on any atom is -0.378 e. The number of nitrogens with zero attached hydrogens (tertiary/aromatic N) is 2. The van der Waals surface area contributed by atoms with E-state index >= 15 is 0 Å². The summed E-state index contributed by atoms with van der Waals surface area (Å²) in [4.78, 5) is 18.1. The van der Waals surface area contributed by atoms with Crippen molar-refractivity contribution in [3.05, 3.63) is 46.6 Å². The first kappa shape index (κ1) is 17.4. The first-order chi connectivity index (χ1) is 12.0. The summed E-state index contributed by atoms with van der Waals surface area (Å²) < 4.78 is 6.27. The molecule has 1 aliphatic rings. The van der Waals surface area contributed by atoms with E-state index in [0.717, 1.165) is 28.9 Å². The summed E-state index contributed by atoms with van der Waals surface area (Å²) in [7, 11) is 0. The van der Waals surface area contributed by atoms with Gasteiger partial charge in [-0.15, -0.1) is 0 Å². The van der Waals surface area contributed by atoms with Crippen molar-refractivity contribution in [2.75, 3.05) is 36.5 Å². The Morgan fingerprint density at radius 1 is 1.32 bits per heavy atom. The van der Waals surface area contributed by atoms with E-state index < -0.39 is 5.91 Å². The van der Waals surface area contributed by atoms with Crippen molar-refractivity contribution in [2.24, 2.45) is 5.73 Å². The van der Waals surface area contributed by atoms with Crippen LogP contribution in [0.15, 0.2) is 41.0 Å². The van der Waals surface area contributed by atoms with Gasteiger partial charge in [0.15, 0.2) is 0 Å². The molecule has 1 aromatic carbocycles. The molecule has 8 heteroatoms. The zero-order chi connectivity index (χ0) is 17.8. The van der Waals surface area contributed by atoms with Gasteiger partial charge in [0, 0.05) is 28.8 Å². The predicted molar refractivity (Wildman–Crippen MR) is 101 cm³/mol. The number of hydrogen-bond acceptors (Lipinski definition) is 6. The SMILES string of the molecule is N=C(C(N)=O)c1cc(N2CCOCC2)cnc1Nc1cccc(Br)c1. The van der Waals surface area contributed by atoms with Gasteiger partial charge in [-0.2, -0.15) is 0 Å². The number of hydrogen-bond donors (Lipinski definition) is 3. The number of anilines is 3. The number of halogens is 1. The van der Waals surface area contributed by atoms with Crippen LogP contribution >= 0.6 is 15.9 Å². The lowest BCUT2D eigenvalue weighted by molar-refractivity contribution is -0.112. The Bertz CT molecular complexity index is 805. The number of rotatable bonds is 5. The second-order valence-corrected chi connectivity index (χ2v) is 6.48. The predicted octanol–water partition coefficient (Wildman–Crippen LogP) is 2.28. The molecule has 4 N–H and O–H groups in total. The van der Waals surface area contributed by atoms with E-state index in [1.54, 1.807) is 12.3 Å². The Morgan fingerprint density at radius 2 is 2.08 bits per heavy atom. The number of carbonyl (C=O) groups is 1. The first-order valence-electron chi connectivity index (χ1n) is 7.78. The van der Waals surface area contributed by atoms with Crippen LogP contribution in [0.5, 0.6) is 0 Å². The number of ether oxygens (including phenoxy) is 1. The smallest absolute Gasteiger partial charge is 0.267 e. The fourth-order valence-electron chi connectivity index (χ4n) is 2.57. The van der Waals surface area contributed by atoms with Crippen LogP contribution in [0.3, 0.4) is 0 Å². The fourth-order valence-corrected chi connectivity index (χ4v) is 2.97. The fraction of sp³-hybridized carbons (Fsp3) is 0.235. The molecule has 2 aromatic rings. The second kappa shape index (κ2) is 7.62. The molecular weight excluding hydrogens is 386 g/mol. The number of carbonyl (C=O) groups excluding carboxylic acids is 1. The average Bonchev–Trinajstić information content (AvgIpc) is 2.62. The number of morpholine rings is 1. The van der Waals surface area contributed by atoms with Gasteiger partial charge >= 0.3 is 0 Å². The molecule has 1 fully saturated rings. The lowest BCUT2D eigenvalue weighted by atomic mass is 10.1. The van der Waals surface area contributed by atoms with Crippen molar-refractivity contribution in [1.29, 1.82) is 5.41 Å². The third kappa shape index (κ3) is 4.15. The normalized spacial score (nSPS) is 14.2. The molecular formula is C17H18BrN5O2. The first-order valence-corrected chi connectivity index (χ1v) is 8.58. The van der Waals surface area contributed by atoms with Crippen LogP contribution in [0.25, 0.3) is 0 Å². The maximum atomic E-state index is 11.5.